The lowest BCUT2D eigenvalue weighted by Gasteiger charge is -2.25. The van der Waals surface area contributed by atoms with Gasteiger partial charge in [-0.25, -0.2) is 8.42 Å². The zero-order valence-electron chi connectivity index (χ0n) is 11.5. The molecular formula is C13H22N2O2S. The van der Waals surface area contributed by atoms with E-state index in [1.165, 1.54) is 4.31 Å². The predicted molar refractivity (Wildman–Crippen MR) is 74.0 cm³/mol. The molecule has 0 atom stereocenters. The van der Waals surface area contributed by atoms with Crippen LogP contribution in [0, 0.1) is 0 Å². The van der Waals surface area contributed by atoms with Crippen LogP contribution in [0.5, 0.6) is 0 Å². The molecule has 0 aliphatic carbocycles. The van der Waals surface area contributed by atoms with Crippen molar-refractivity contribution in [2.45, 2.75) is 31.1 Å². The van der Waals surface area contributed by atoms with Gasteiger partial charge >= 0.3 is 0 Å². The van der Waals surface area contributed by atoms with Crippen molar-refractivity contribution >= 4 is 10.0 Å². The number of likely N-dealkylation sites (N-methyl/N-ethyl adjacent to an activating group) is 1. The van der Waals surface area contributed by atoms with Gasteiger partial charge in [0.1, 0.15) is 0 Å². The van der Waals surface area contributed by atoms with E-state index in [1.54, 1.807) is 19.2 Å². The van der Waals surface area contributed by atoms with E-state index in [0.717, 1.165) is 5.56 Å². The smallest absolute Gasteiger partial charge is 0.243 e. The van der Waals surface area contributed by atoms with Gasteiger partial charge in [0.25, 0.3) is 0 Å². The second-order valence-corrected chi connectivity index (χ2v) is 7.37. The Morgan fingerprint density at radius 3 is 2.28 bits per heavy atom. The maximum absolute atomic E-state index is 12.5. The summed E-state index contributed by atoms with van der Waals surface area (Å²) in [6.45, 7) is 6.65. The summed E-state index contributed by atoms with van der Waals surface area (Å²) in [6.07, 6.45) is 0. The number of rotatable bonds is 4. The number of benzene rings is 1. The molecule has 0 heterocycles. The van der Waals surface area contributed by atoms with E-state index in [0.29, 0.717) is 18.0 Å². The van der Waals surface area contributed by atoms with E-state index in [1.807, 2.05) is 32.9 Å². The lowest BCUT2D eigenvalue weighted by atomic mass is 9.87. The van der Waals surface area contributed by atoms with Gasteiger partial charge in [-0.05, 0) is 17.0 Å². The number of nitrogens with two attached hydrogens (primary N) is 1. The van der Waals surface area contributed by atoms with Crippen LogP contribution in [0.25, 0.3) is 0 Å². The summed E-state index contributed by atoms with van der Waals surface area (Å²) in [5.74, 6) is 0. The van der Waals surface area contributed by atoms with Crippen molar-refractivity contribution in [2.24, 2.45) is 5.73 Å². The molecule has 0 aromatic heterocycles. The van der Waals surface area contributed by atoms with E-state index < -0.39 is 10.0 Å². The second-order valence-electron chi connectivity index (χ2n) is 5.36. The molecule has 0 saturated heterocycles. The fourth-order valence-electron chi connectivity index (χ4n) is 1.78. The predicted octanol–water partition coefficient (Wildman–Crippen LogP) is 1.56. The normalized spacial score (nSPS) is 13.0. The van der Waals surface area contributed by atoms with Gasteiger partial charge in [0.2, 0.25) is 10.0 Å². The molecule has 0 amide bonds. The summed E-state index contributed by atoms with van der Waals surface area (Å²) in [5.41, 5.74) is 6.03. The standard InChI is InChI=1S/C13H22N2O2S/c1-13(2,3)11-7-5-6-8-12(11)18(16,17)15(4)10-9-14/h5-8H,9-10,14H2,1-4H3. The SMILES string of the molecule is CN(CCN)S(=O)(=O)c1ccccc1C(C)(C)C. The summed E-state index contributed by atoms with van der Waals surface area (Å²) in [6, 6.07) is 7.13. The van der Waals surface area contributed by atoms with Crippen molar-refractivity contribution in [2.75, 3.05) is 20.1 Å². The molecule has 0 aliphatic rings. The van der Waals surface area contributed by atoms with Gasteiger partial charge in [-0.2, -0.15) is 4.31 Å². The summed E-state index contributed by atoms with van der Waals surface area (Å²) in [4.78, 5) is 0.369. The molecule has 5 heteroatoms. The Morgan fingerprint density at radius 1 is 1.22 bits per heavy atom. The van der Waals surface area contributed by atoms with Crippen molar-refractivity contribution in [1.29, 1.82) is 0 Å². The Kier molecular flexibility index (Phi) is 4.53. The molecule has 18 heavy (non-hydrogen) atoms. The third kappa shape index (κ3) is 3.10. The average molecular weight is 270 g/mol. The summed E-state index contributed by atoms with van der Waals surface area (Å²) >= 11 is 0. The largest absolute Gasteiger partial charge is 0.329 e. The summed E-state index contributed by atoms with van der Waals surface area (Å²) in [5, 5.41) is 0. The first-order valence-electron chi connectivity index (χ1n) is 5.97. The van der Waals surface area contributed by atoms with Crippen LogP contribution < -0.4 is 5.73 Å². The first-order chi connectivity index (χ1) is 8.21. The molecule has 0 unspecified atom stereocenters. The van der Waals surface area contributed by atoms with Crippen molar-refractivity contribution in [3.63, 3.8) is 0 Å². The van der Waals surface area contributed by atoms with Crippen molar-refractivity contribution in [1.82, 2.24) is 4.31 Å². The molecule has 2 N–H and O–H groups in total. The van der Waals surface area contributed by atoms with Gasteiger partial charge in [0, 0.05) is 20.1 Å². The Balaban J connectivity index is 3.34. The fourth-order valence-corrected chi connectivity index (χ4v) is 3.37. The van der Waals surface area contributed by atoms with E-state index in [4.69, 9.17) is 5.73 Å². The van der Waals surface area contributed by atoms with Gasteiger partial charge in [-0.3, -0.25) is 0 Å². The summed E-state index contributed by atoms with van der Waals surface area (Å²) < 4.78 is 26.2. The molecule has 0 aliphatic heterocycles. The van der Waals surface area contributed by atoms with Gasteiger partial charge < -0.3 is 5.73 Å². The monoisotopic (exact) mass is 270 g/mol. The molecule has 0 fully saturated rings. The topological polar surface area (TPSA) is 63.4 Å². The van der Waals surface area contributed by atoms with E-state index in [9.17, 15) is 8.42 Å². The first-order valence-corrected chi connectivity index (χ1v) is 7.41. The van der Waals surface area contributed by atoms with E-state index in [-0.39, 0.29) is 5.41 Å². The molecule has 0 saturated carbocycles. The van der Waals surface area contributed by atoms with Crippen molar-refractivity contribution in [3.8, 4) is 0 Å². The number of nitrogens with zero attached hydrogens (tertiary/aromatic N) is 1. The van der Waals surface area contributed by atoms with Gasteiger partial charge in [0.15, 0.2) is 0 Å². The molecule has 4 nitrogen and oxygen atoms in total. The highest BCUT2D eigenvalue weighted by molar-refractivity contribution is 7.89. The van der Waals surface area contributed by atoms with Crippen LogP contribution in [0.2, 0.25) is 0 Å². The summed E-state index contributed by atoms with van der Waals surface area (Å²) in [7, 11) is -1.90. The molecule has 0 bridgehead atoms. The zero-order chi connectivity index (χ0) is 14.0. The highest BCUT2D eigenvalue weighted by Crippen LogP contribution is 2.29. The minimum Gasteiger partial charge on any atom is -0.329 e. The molecule has 1 rings (SSSR count). The maximum atomic E-state index is 12.5. The zero-order valence-corrected chi connectivity index (χ0v) is 12.3. The molecular weight excluding hydrogens is 248 g/mol. The lowest BCUT2D eigenvalue weighted by Crippen LogP contribution is -2.33. The van der Waals surface area contributed by atoms with Crippen LogP contribution >= 0.6 is 0 Å². The van der Waals surface area contributed by atoms with Gasteiger partial charge in [0.05, 0.1) is 4.90 Å². The Hall–Kier alpha value is -0.910. The first kappa shape index (κ1) is 15.1. The Labute approximate surface area is 110 Å². The molecule has 1 aromatic rings. The highest BCUT2D eigenvalue weighted by atomic mass is 32.2. The van der Waals surface area contributed by atoms with Crippen LogP contribution in [-0.2, 0) is 15.4 Å². The van der Waals surface area contributed by atoms with Crippen molar-refractivity contribution < 1.29 is 8.42 Å². The number of sulfonamides is 1. The van der Waals surface area contributed by atoms with Crippen LogP contribution in [0.4, 0.5) is 0 Å². The molecule has 0 spiro atoms. The lowest BCUT2D eigenvalue weighted by molar-refractivity contribution is 0.471. The van der Waals surface area contributed by atoms with E-state index in [2.05, 4.69) is 0 Å². The second kappa shape index (κ2) is 5.38. The minimum absolute atomic E-state index is 0.215. The third-order valence-electron chi connectivity index (χ3n) is 2.83. The average Bonchev–Trinajstić information content (AvgIpc) is 2.28. The molecule has 102 valence electrons. The quantitative estimate of drug-likeness (QED) is 0.903. The van der Waals surface area contributed by atoms with Crippen LogP contribution in [-0.4, -0.2) is 32.9 Å². The number of hydrogen-bond acceptors (Lipinski definition) is 3. The van der Waals surface area contributed by atoms with Crippen LogP contribution in [0.1, 0.15) is 26.3 Å². The van der Waals surface area contributed by atoms with Gasteiger partial charge in [-0.1, -0.05) is 39.0 Å². The van der Waals surface area contributed by atoms with Gasteiger partial charge in [-0.15, -0.1) is 0 Å². The van der Waals surface area contributed by atoms with Crippen molar-refractivity contribution in [3.05, 3.63) is 29.8 Å². The molecule has 0 radical (unpaired) electrons. The number of hydrogen-bond donors (Lipinski definition) is 1. The van der Waals surface area contributed by atoms with E-state index >= 15 is 0 Å². The third-order valence-corrected chi connectivity index (χ3v) is 4.74. The highest BCUT2D eigenvalue weighted by Gasteiger charge is 2.27. The Bertz CT molecular complexity index is 504. The fraction of sp³-hybridized carbons (Fsp3) is 0.538. The van der Waals surface area contributed by atoms with Crippen LogP contribution in [0.3, 0.4) is 0 Å². The maximum Gasteiger partial charge on any atom is 0.243 e. The van der Waals surface area contributed by atoms with Crippen LogP contribution in [0.15, 0.2) is 29.2 Å². The minimum atomic E-state index is -3.46. The molecule has 1 aromatic carbocycles. The Morgan fingerprint density at radius 2 is 1.78 bits per heavy atom.